The van der Waals surface area contributed by atoms with E-state index in [1.165, 1.54) is 12.1 Å². The third kappa shape index (κ3) is 4.58. The molecule has 1 heterocycles. The van der Waals surface area contributed by atoms with Gasteiger partial charge < -0.3 is 15.5 Å². The van der Waals surface area contributed by atoms with Gasteiger partial charge in [0.25, 0.3) is 5.69 Å². The van der Waals surface area contributed by atoms with Gasteiger partial charge in [-0.1, -0.05) is 30.0 Å². The van der Waals surface area contributed by atoms with Crippen molar-refractivity contribution in [3.05, 3.63) is 65.2 Å². The number of amides is 1. The Morgan fingerprint density at radius 2 is 2.00 bits per heavy atom. The Morgan fingerprint density at radius 1 is 1.23 bits per heavy atom. The highest BCUT2D eigenvalue weighted by Gasteiger charge is 2.18. The third-order valence-electron chi connectivity index (χ3n) is 3.97. The van der Waals surface area contributed by atoms with Crippen molar-refractivity contribution in [2.45, 2.75) is 11.7 Å². The normalized spacial score (nSPS) is 10.5. The molecule has 1 amide bonds. The van der Waals surface area contributed by atoms with E-state index in [2.05, 4.69) is 22.1 Å². The Hall–Kier alpha value is -3.86. The van der Waals surface area contributed by atoms with Crippen molar-refractivity contribution in [1.29, 1.82) is 0 Å². The lowest BCUT2D eigenvalue weighted by molar-refractivity contribution is -0.384. The lowest BCUT2D eigenvalue weighted by atomic mass is 10.2. The molecule has 30 heavy (non-hydrogen) atoms. The van der Waals surface area contributed by atoms with Gasteiger partial charge in [0.15, 0.2) is 11.0 Å². The van der Waals surface area contributed by atoms with Gasteiger partial charge in [0.05, 0.1) is 28.0 Å². The van der Waals surface area contributed by atoms with Gasteiger partial charge in [0, 0.05) is 12.6 Å². The fourth-order valence-electron chi connectivity index (χ4n) is 2.61. The lowest BCUT2D eigenvalue weighted by Gasteiger charge is -2.09. The second-order valence-corrected chi connectivity index (χ2v) is 6.96. The predicted molar refractivity (Wildman–Crippen MR) is 111 cm³/mol. The summed E-state index contributed by atoms with van der Waals surface area (Å²) in [5, 5.41) is 41.8. The van der Waals surface area contributed by atoms with Crippen LogP contribution in [0, 0.1) is 10.1 Å². The zero-order valence-corrected chi connectivity index (χ0v) is 16.4. The summed E-state index contributed by atoms with van der Waals surface area (Å²) in [6, 6.07) is 10.1. The number of benzene rings is 2. The molecule has 0 aliphatic heterocycles. The standard InChI is InChI=1S/C19H17N5O5S/c1-2-9-23-18(13-5-3-4-6-15(13)25)21-22-19(23)30-11-17(27)20-14-8-7-12(24(28)29)10-16(14)26/h2-8,10,25-26H,1,9,11H2,(H,20,27). The highest BCUT2D eigenvalue weighted by molar-refractivity contribution is 7.99. The molecule has 0 unspecified atom stereocenters. The number of nitrogens with one attached hydrogen (secondary N) is 1. The van der Waals surface area contributed by atoms with Gasteiger partial charge in [-0.15, -0.1) is 16.8 Å². The second kappa shape index (κ2) is 9.09. The molecule has 0 aliphatic carbocycles. The number of rotatable bonds is 8. The van der Waals surface area contributed by atoms with Crippen LogP contribution < -0.4 is 5.32 Å². The van der Waals surface area contributed by atoms with E-state index in [1.807, 2.05) is 0 Å². The number of nitro groups is 1. The van der Waals surface area contributed by atoms with Crippen molar-refractivity contribution in [3.63, 3.8) is 0 Å². The Kier molecular flexibility index (Phi) is 6.32. The molecule has 11 heteroatoms. The van der Waals surface area contributed by atoms with E-state index in [0.717, 1.165) is 17.8 Å². The van der Waals surface area contributed by atoms with E-state index in [9.17, 15) is 25.1 Å². The number of carbonyl (C=O) groups excluding carboxylic acids is 1. The summed E-state index contributed by atoms with van der Waals surface area (Å²) in [5.74, 6) is -0.408. The summed E-state index contributed by atoms with van der Waals surface area (Å²) < 4.78 is 1.71. The van der Waals surface area contributed by atoms with Gasteiger partial charge >= 0.3 is 0 Å². The highest BCUT2D eigenvalue weighted by atomic mass is 32.2. The number of hydrogen-bond acceptors (Lipinski definition) is 8. The summed E-state index contributed by atoms with van der Waals surface area (Å²) >= 11 is 1.11. The number of phenolic OH excluding ortho intramolecular Hbond substituents is 2. The molecule has 0 saturated heterocycles. The Morgan fingerprint density at radius 3 is 2.67 bits per heavy atom. The van der Waals surface area contributed by atoms with Crippen LogP contribution in [0.3, 0.4) is 0 Å². The largest absolute Gasteiger partial charge is 0.507 e. The van der Waals surface area contributed by atoms with E-state index in [0.29, 0.717) is 23.1 Å². The predicted octanol–water partition coefficient (Wildman–Crippen LogP) is 3.18. The number of hydrogen-bond donors (Lipinski definition) is 3. The minimum absolute atomic E-state index is 0.0491. The molecular weight excluding hydrogens is 410 g/mol. The van der Waals surface area contributed by atoms with Crippen LogP contribution in [0.15, 0.2) is 60.3 Å². The first-order chi connectivity index (χ1) is 14.4. The molecule has 10 nitrogen and oxygen atoms in total. The number of non-ortho nitro benzene ring substituents is 1. The molecule has 0 saturated carbocycles. The first-order valence-corrected chi connectivity index (χ1v) is 9.61. The van der Waals surface area contributed by atoms with Gasteiger partial charge in [-0.05, 0) is 18.2 Å². The maximum absolute atomic E-state index is 12.3. The molecule has 3 N–H and O–H groups in total. The quantitative estimate of drug-likeness (QED) is 0.163. The Bertz CT molecular complexity index is 1110. The van der Waals surface area contributed by atoms with Crippen LogP contribution in [-0.2, 0) is 11.3 Å². The van der Waals surface area contributed by atoms with Crippen molar-refractivity contribution >= 4 is 29.0 Å². The fourth-order valence-corrected chi connectivity index (χ4v) is 3.35. The van der Waals surface area contributed by atoms with E-state index >= 15 is 0 Å². The molecule has 154 valence electrons. The molecular formula is C19H17N5O5S. The van der Waals surface area contributed by atoms with Crippen LogP contribution in [0.1, 0.15) is 0 Å². The number of aromatic hydroxyl groups is 2. The Labute approximate surface area is 175 Å². The number of allylic oxidation sites excluding steroid dienone is 1. The summed E-state index contributed by atoms with van der Waals surface area (Å²) in [6.07, 6.45) is 1.64. The molecule has 1 aromatic heterocycles. The number of phenols is 2. The van der Waals surface area contributed by atoms with Gasteiger partial charge in [-0.2, -0.15) is 0 Å². The SMILES string of the molecule is C=CCn1c(SCC(=O)Nc2ccc([N+](=O)[O-])cc2O)nnc1-c1ccccc1O. The number of anilines is 1. The zero-order valence-electron chi connectivity index (χ0n) is 15.6. The van der Waals surface area contributed by atoms with Gasteiger partial charge in [-0.3, -0.25) is 19.5 Å². The topological polar surface area (TPSA) is 143 Å². The maximum Gasteiger partial charge on any atom is 0.273 e. The summed E-state index contributed by atoms with van der Waals surface area (Å²) in [7, 11) is 0. The third-order valence-corrected chi connectivity index (χ3v) is 4.94. The van der Waals surface area contributed by atoms with Crippen LogP contribution in [-0.4, -0.2) is 41.6 Å². The number of nitro benzene ring substituents is 1. The minimum atomic E-state index is -0.643. The molecule has 3 aromatic rings. The van der Waals surface area contributed by atoms with Gasteiger partial charge in [-0.25, -0.2) is 0 Å². The number of nitrogens with zero attached hydrogens (tertiary/aromatic N) is 4. The average molecular weight is 427 g/mol. The summed E-state index contributed by atoms with van der Waals surface area (Å²) in [4.78, 5) is 22.3. The van der Waals surface area contributed by atoms with Crippen LogP contribution in [0.25, 0.3) is 11.4 Å². The van der Waals surface area contributed by atoms with Gasteiger partial charge in [0.2, 0.25) is 5.91 Å². The summed E-state index contributed by atoms with van der Waals surface area (Å²) in [5.41, 5.74) is 0.279. The molecule has 0 spiro atoms. The monoisotopic (exact) mass is 427 g/mol. The molecule has 3 rings (SSSR count). The van der Waals surface area contributed by atoms with E-state index in [4.69, 9.17) is 0 Å². The van der Waals surface area contributed by atoms with Crippen molar-refractivity contribution in [2.75, 3.05) is 11.1 Å². The lowest BCUT2D eigenvalue weighted by Crippen LogP contribution is -2.15. The van der Waals surface area contributed by atoms with Crippen LogP contribution in [0.5, 0.6) is 11.5 Å². The first-order valence-electron chi connectivity index (χ1n) is 8.63. The zero-order chi connectivity index (χ0) is 21.7. The van der Waals surface area contributed by atoms with Crippen LogP contribution in [0.2, 0.25) is 0 Å². The van der Waals surface area contributed by atoms with E-state index < -0.39 is 16.6 Å². The van der Waals surface area contributed by atoms with Crippen molar-refractivity contribution < 1.29 is 19.9 Å². The molecule has 0 bridgehead atoms. The van der Waals surface area contributed by atoms with Crippen molar-refractivity contribution in [1.82, 2.24) is 14.8 Å². The van der Waals surface area contributed by atoms with Crippen molar-refractivity contribution in [2.24, 2.45) is 0 Å². The number of carbonyl (C=O) groups is 1. The number of thioether (sulfide) groups is 1. The van der Waals surface area contributed by atoms with E-state index in [1.54, 1.807) is 34.9 Å². The van der Waals surface area contributed by atoms with Gasteiger partial charge in [0.1, 0.15) is 11.5 Å². The van der Waals surface area contributed by atoms with E-state index in [-0.39, 0.29) is 22.9 Å². The van der Waals surface area contributed by atoms with Crippen LogP contribution >= 0.6 is 11.8 Å². The smallest absolute Gasteiger partial charge is 0.273 e. The minimum Gasteiger partial charge on any atom is -0.507 e. The summed E-state index contributed by atoms with van der Waals surface area (Å²) in [6.45, 7) is 4.08. The number of para-hydroxylation sites is 1. The van der Waals surface area contributed by atoms with Crippen LogP contribution in [0.4, 0.5) is 11.4 Å². The first kappa shape index (κ1) is 20.9. The fraction of sp³-hybridized carbons (Fsp3) is 0.105. The van der Waals surface area contributed by atoms with Crippen molar-refractivity contribution in [3.8, 4) is 22.9 Å². The molecule has 0 radical (unpaired) electrons. The molecule has 0 aliphatic rings. The molecule has 2 aromatic carbocycles. The Balaban J connectivity index is 1.73. The molecule has 0 atom stereocenters. The maximum atomic E-state index is 12.3. The number of aromatic nitrogens is 3. The average Bonchev–Trinajstić information content (AvgIpc) is 3.11. The molecule has 0 fully saturated rings. The second-order valence-electron chi connectivity index (χ2n) is 6.02. The highest BCUT2D eigenvalue weighted by Crippen LogP contribution is 2.31.